The van der Waals surface area contributed by atoms with Crippen molar-refractivity contribution in [3.8, 4) is 0 Å². The molecule has 112 valence electrons. The van der Waals surface area contributed by atoms with Crippen molar-refractivity contribution in [2.45, 2.75) is 40.2 Å². The van der Waals surface area contributed by atoms with Crippen LogP contribution in [0, 0.1) is 5.92 Å². The van der Waals surface area contributed by atoms with Gasteiger partial charge in [-0.3, -0.25) is 15.1 Å². The second kappa shape index (κ2) is 8.72. The van der Waals surface area contributed by atoms with Gasteiger partial charge in [0.1, 0.15) is 0 Å². The summed E-state index contributed by atoms with van der Waals surface area (Å²) in [6.45, 7) is 9.67. The molecule has 0 saturated carbocycles. The van der Waals surface area contributed by atoms with E-state index in [4.69, 9.17) is 5.84 Å². The van der Waals surface area contributed by atoms with Gasteiger partial charge in [0.25, 0.3) is 5.91 Å². The van der Waals surface area contributed by atoms with Gasteiger partial charge >= 0.3 is 0 Å². The van der Waals surface area contributed by atoms with E-state index in [9.17, 15) is 4.79 Å². The van der Waals surface area contributed by atoms with Crippen LogP contribution in [0.15, 0.2) is 24.3 Å². The van der Waals surface area contributed by atoms with Gasteiger partial charge in [0.05, 0.1) is 0 Å². The first kappa shape index (κ1) is 16.7. The summed E-state index contributed by atoms with van der Waals surface area (Å²) >= 11 is 0. The molecule has 0 heterocycles. The van der Waals surface area contributed by atoms with Crippen molar-refractivity contribution < 1.29 is 4.79 Å². The van der Waals surface area contributed by atoms with Crippen LogP contribution in [0.25, 0.3) is 0 Å². The summed E-state index contributed by atoms with van der Waals surface area (Å²) in [4.78, 5) is 14.0. The lowest BCUT2D eigenvalue weighted by Crippen LogP contribution is -2.30. The minimum absolute atomic E-state index is 0.241. The highest BCUT2D eigenvalue weighted by molar-refractivity contribution is 5.93. The Labute approximate surface area is 122 Å². The number of rotatable bonds is 8. The lowest BCUT2D eigenvalue weighted by atomic mass is 10.0. The van der Waals surface area contributed by atoms with Gasteiger partial charge in [-0.1, -0.05) is 45.7 Å². The number of amides is 1. The Kier molecular flexibility index (Phi) is 7.26. The van der Waals surface area contributed by atoms with Crippen LogP contribution in [0.5, 0.6) is 0 Å². The van der Waals surface area contributed by atoms with E-state index in [0.717, 1.165) is 31.1 Å². The second-order valence-corrected chi connectivity index (χ2v) is 5.18. The van der Waals surface area contributed by atoms with Crippen molar-refractivity contribution in [3.05, 3.63) is 35.4 Å². The largest absolute Gasteiger partial charge is 0.299 e. The Bertz CT molecular complexity index is 416. The zero-order valence-electron chi connectivity index (χ0n) is 12.9. The molecule has 1 aromatic carbocycles. The maximum atomic E-state index is 11.5. The molecule has 0 aliphatic carbocycles. The quantitative estimate of drug-likeness (QED) is 0.436. The average molecular weight is 277 g/mol. The number of carbonyl (C=O) groups excluding carboxylic acids is 1. The summed E-state index contributed by atoms with van der Waals surface area (Å²) in [7, 11) is 0. The Hall–Kier alpha value is -1.39. The zero-order valence-corrected chi connectivity index (χ0v) is 12.9. The summed E-state index contributed by atoms with van der Waals surface area (Å²) < 4.78 is 0. The molecule has 0 radical (unpaired) electrons. The van der Waals surface area contributed by atoms with Gasteiger partial charge in [0.15, 0.2) is 0 Å². The molecule has 20 heavy (non-hydrogen) atoms. The van der Waals surface area contributed by atoms with Crippen LogP contribution in [0.4, 0.5) is 0 Å². The van der Waals surface area contributed by atoms with Crippen LogP contribution in [0.3, 0.4) is 0 Å². The predicted molar refractivity (Wildman–Crippen MR) is 83.1 cm³/mol. The van der Waals surface area contributed by atoms with Crippen molar-refractivity contribution in [1.29, 1.82) is 0 Å². The number of nitrogens with one attached hydrogen (secondary N) is 1. The summed E-state index contributed by atoms with van der Waals surface area (Å²) in [6.07, 6.45) is 2.42. The first-order valence-electron chi connectivity index (χ1n) is 7.46. The molecule has 0 aromatic heterocycles. The first-order chi connectivity index (χ1) is 9.64. The highest BCUT2D eigenvalue weighted by atomic mass is 16.2. The maximum absolute atomic E-state index is 11.5. The molecule has 0 atom stereocenters. The Morgan fingerprint density at radius 1 is 1.30 bits per heavy atom. The molecule has 1 aromatic rings. The molecule has 0 unspecified atom stereocenters. The summed E-state index contributed by atoms with van der Waals surface area (Å²) in [6, 6.07) is 7.66. The molecule has 1 rings (SSSR count). The Morgan fingerprint density at radius 2 is 2.00 bits per heavy atom. The van der Waals surface area contributed by atoms with Gasteiger partial charge in [-0.25, -0.2) is 5.84 Å². The first-order valence-corrected chi connectivity index (χ1v) is 7.46. The number of hydrazine groups is 1. The van der Waals surface area contributed by atoms with E-state index in [1.165, 1.54) is 12.8 Å². The molecule has 0 bridgehead atoms. The van der Waals surface area contributed by atoms with Crippen LogP contribution >= 0.6 is 0 Å². The maximum Gasteiger partial charge on any atom is 0.265 e. The van der Waals surface area contributed by atoms with Crippen LogP contribution in [-0.4, -0.2) is 23.9 Å². The van der Waals surface area contributed by atoms with E-state index in [2.05, 4.69) is 37.2 Å². The fraction of sp³-hybridized carbons (Fsp3) is 0.562. The smallest absolute Gasteiger partial charge is 0.265 e. The van der Waals surface area contributed by atoms with Crippen molar-refractivity contribution in [3.63, 3.8) is 0 Å². The number of benzene rings is 1. The van der Waals surface area contributed by atoms with E-state index in [1.807, 2.05) is 12.1 Å². The van der Waals surface area contributed by atoms with E-state index in [0.29, 0.717) is 5.56 Å². The van der Waals surface area contributed by atoms with E-state index in [1.54, 1.807) is 6.07 Å². The van der Waals surface area contributed by atoms with Crippen molar-refractivity contribution in [1.82, 2.24) is 10.3 Å². The van der Waals surface area contributed by atoms with E-state index in [-0.39, 0.29) is 5.91 Å². The van der Waals surface area contributed by atoms with Crippen molar-refractivity contribution in [2.24, 2.45) is 11.8 Å². The molecular formula is C16H27N3O. The fourth-order valence-corrected chi connectivity index (χ4v) is 2.37. The topological polar surface area (TPSA) is 58.4 Å². The lowest BCUT2D eigenvalue weighted by molar-refractivity contribution is 0.0953. The van der Waals surface area contributed by atoms with Gasteiger partial charge in [-0.05, 0) is 30.2 Å². The second-order valence-electron chi connectivity index (χ2n) is 5.18. The third-order valence-corrected chi connectivity index (χ3v) is 3.84. The Balaban J connectivity index is 2.72. The normalized spacial score (nSPS) is 11.1. The number of nitrogens with zero attached hydrogens (tertiary/aromatic N) is 1. The van der Waals surface area contributed by atoms with Crippen molar-refractivity contribution in [2.75, 3.05) is 13.1 Å². The lowest BCUT2D eigenvalue weighted by Gasteiger charge is -2.25. The fourth-order valence-electron chi connectivity index (χ4n) is 2.37. The number of nitrogen functional groups attached to an aromatic ring is 1. The summed E-state index contributed by atoms with van der Waals surface area (Å²) in [5.74, 6) is 5.67. The summed E-state index contributed by atoms with van der Waals surface area (Å²) in [5, 5.41) is 0. The van der Waals surface area contributed by atoms with Gasteiger partial charge in [-0.15, -0.1) is 0 Å². The van der Waals surface area contributed by atoms with Gasteiger partial charge in [0, 0.05) is 18.7 Å². The van der Waals surface area contributed by atoms with Gasteiger partial charge < -0.3 is 0 Å². The molecule has 0 aliphatic heterocycles. The molecule has 4 heteroatoms. The number of carbonyl (C=O) groups is 1. The highest BCUT2D eigenvalue weighted by Gasteiger charge is 2.11. The third kappa shape index (κ3) is 4.94. The number of hydrogen-bond acceptors (Lipinski definition) is 3. The third-order valence-electron chi connectivity index (χ3n) is 3.84. The average Bonchev–Trinajstić information content (AvgIpc) is 2.50. The predicted octanol–water partition coefficient (Wildman–Crippen LogP) is 2.55. The molecule has 4 nitrogen and oxygen atoms in total. The number of nitrogens with two attached hydrogens (primary N) is 1. The van der Waals surface area contributed by atoms with Crippen LogP contribution in [0.2, 0.25) is 0 Å². The Morgan fingerprint density at radius 3 is 2.55 bits per heavy atom. The van der Waals surface area contributed by atoms with Crippen LogP contribution < -0.4 is 11.3 Å². The van der Waals surface area contributed by atoms with Gasteiger partial charge in [-0.2, -0.15) is 0 Å². The molecule has 0 aliphatic rings. The molecular weight excluding hydrogens is 250 g/mol. The van der Waals surface area contributed by atoms with Gasteiger partial charge in [0.2, 0.25) is 0 Å². The molecule has 1 amide bonds. The van der Waals surface area contributed by atoms with Crippen LogP contribution in [-0.2, 0) is 6.54 Å². The summed E-state index contributed by atoms with van der Waals surface area (Å²) in [5.41, 5.74) is 3.94. The minimum atomic E-state index is -0.241. The molecule has 0 fully saturated rings. The zero-order chi connectivity index (χ0) is 15.0. The molecule has 0 spiro atoms. The van der Waals surface area contributed by atoms with Crippen molar-refractivity contribution >= 4 is 5.91 Å². The number of hydrogen-bond donors (Lipinski definition) is 2. The molecule has 3 N–H and O–H groups in total. The minimum Gasteiger partial charge on any atom is -0.299 e. The van der Waals surface area contributed by atoms with E-state index < -0.39 is 0 Å². The monoisotopic (exact) mass is 277 g/mol. The SMILES string of the molecule is CCC(CC)CN(CC)Cc1cccc(C(=O)NN)c1. The van der Waals surface area contributed by atoms with Crippen LogP contribution in [0.1, 0.15) is 49.5 Å². The standard InChI is InChI=1S/C16H27N3O/c1-4-13(5-2)11-19(6-3)12-14-8-7-9-15(10-14)16(20)18-17/h7-10,13H,4-6,11-12,17H2,1-3H3,(H,18,20). The molecule has 0 saturated heterocycles. The van der Waals surface area contributed by atoms with E-state index >= 15 is 0 Å². The highest BCUT2D eigenvalue weighted by Crippen LogP contribution is 2.13.